The molecule has 0 aliphatic carbocycles. The van der Waals surface area contributed by atoms with Gasteiger partial charge in [-0.1, -0.05) is 58.4 Å². The van der Waals surface area contributed by atoms with Crippen LogP contribution in [-0.4, -0.2) is 93.1 Å². The Balaban J connectivity index is 1.90. The molecule has 0 radical (unpaired) electrons. The Labute approximate surface area is 215 Å². The van der Waals surface area contributed by atoms with E-state index in [2.05, 4.69) is 6.92 Å². The first-order chi connectivity index (χ1) is 17.3. The van der Waals surface area contributed by atoms with Gasteiger partial charge in [0.2, 0.25) is 17.7 Å². The van der Waals surface area contributed by atoms with Crippen LogP contribution in [0.2, 0.25) is 0 Å². The monoisotopic (exact) mass is 501 g/mol. The van der Waals surface area contributed by atoms with Crippen LogP contribution < -0.4 is 0 Å². The van der Waals surface area contributed by atoms with E-state index in [1.165, 1.54) is 0 Å². The number of ether oxygens (including phenoxy) is 1. The van der Waals surface area contributed by atoms with Crippen molar-refractivity contribution < 1.29 is 24.2 Å². The second-order valence-electron chi connectivity index (χ2n) is 10.8. The first-order valence-electron chi connectivity index (χ1n) is 13.8. The minimum absolute atomic E-state index is 0.00101. The summed E-state index contributed by atoms with van der Waals surface area (Å²) in [6.45, 7) is 11.3. The van der Waals surface area contributed by atoms with Gasteiger partial charge in [-0.3, -0.25) is 14.4 Å². The van der Waals surface area contributed by atoms with Crippen LogP contribution >= 0.6 is 0 Å². The fourth-order valence-corrected chi connectivity index (χ4v) is 7.02. The molecule has 4 heterocycles. The molecule has 8 heteroatoms. The average molecular weight is 502 g/mol. The van der Waals surface area contributed by atoms with Gasteiger partial charge in [-0.05, 0) is 32.6 Å². The molecule has 4 rings (SSSR count). The number of likely N-dealkylation sites (tertiary alicyclic amines) is 1. The third-order valence-electron chi connectivity index (χ3n) is 8.80. The number of rotatable bonds is 9. The van der Waals surface area contributed by atoms with E-state index in [1.54, 1.807) is 4.90 Å². The van der Waals surface area contributed by atoms with E-state index in [4.69, 9.17) is 4.74 Å². The van der Waals surface area contributed by atoms with Gasteiger partial charge in [-0.15, -0.1) is 0 Å². The standard InChI is InChI=1S/C28H43N3O5/c1-6-12-19(5)30-17-11-14-28-22(25(34)31(20(8-3)18-32)23(28)26(30)35)21-24(33)29(15-7-2)16-10-13-27(21,9-4)36-28/h10-11,13-14,19-23,32H,6-9,12,15-18H2,1-5H3/t19?,20-,21-,22-,23?,27+,28-/m0/s1. The number of hydrogen-bond acceptors (Lipinski definition) is 5. The minimum Gasteiger partial charge on any atom is -0.394 e. The number of carbonyl (C=O) groups is 3. The summed E-state index contributed by atoms with van der Waals surface area (Å²) in [5.74, 6) is -2.05. The number of fused-ring (bicyclic) bond motifs is 2. The lowest BCUT2D eigenvalue weighted by atomic mass is 9.73. The lowest BCUT2D eigenvalue weighted by molar-refractivity contribution is -0.158. The molecular formula is C28H43N3O5. The van der Waals surface area contributed by atoms with Crippen molar-refractivity contribution in [2.75, 3.05) is 26.2 Å². The Morgan fingerprint density at radius 3 is 2.33 bits per heavy atom. The third-order valence-corrected chi connectivity index (χ3v) is 8.80. The van der Waals surface area contributed by atoms with Crippen molar-refractivity contribution in [2.24, 2.45) is 11.8 Å². The predicted octanol–water partition coefficient (Wildman–Crippen LogP) is 2.51. The van der Waals surface area contributed by atoms with E-state index in [0.29, 0.717) is 32.5 Å². The van der Waals surface area contributed by atoms with Gasteiger partial charge in [-0.2, -0.15) is 0 Å². The van der Waals surface area contributed by atoms with Gasteiger partial charge in [-0.25, -0.2) is 0 Å². The number of carbonyl (C=O) groups excluding carboxylic acids is 3. The van der Waals surface area contributed by atoms with Crippen LogP contribution in [0, 0.1) is 11.8 Å². The third kappa shape index (κ3) is 3.83. The fraction of sp³-hybridized carbons (Fsp3) is 0.750. The van der Waals surface area contributed by atoms with Crippen molar-refractivity contribution in [3.8, 4) is 0 Å². The predicted molar refractivity (Wildman–Crippen MR) is 137 cm³/mol. The van der Waals surface area contributed by atoms with Gasteiger partial charge in [0.15, 0.2) is 0 Å². The number of aliphatic hydroxyl groups excluding tert-OH is 1. The molecule has 0 aromatic heterocycles. The maximum absolute atomic E-state index is 14.3. The zero-order valence-electron chi connectivity index (χ0n) is 22.5. The van der Waals surface area contributed by atoms with E-state index in [1.807, 2.05) is 61.8 Å². The molecule has 0 saturated carbocycles. The number of hydrogen-bond donors (Lipinski definition) is 1. The first kappa shape index (κ1) is 26.9. The first-order valence-corrected chi connectivity index (χ1v) is 13.8. The topological polar surface area (TPSA) is 90.4 Å². The SMILES string of the molecule is CCCC(C)N1CC=C[C@]23O[C@]4(CC)C=CCN(CCC)C(=O)[C@@H]4[C@H]2C(=O)N([C@@H](CC)CO)C3C1=O. The van der Waals surface area contributed by atoms with Crippen LogP contribution in [0.4, 0.5) is 0 Å². The number of aliphatic hydroxyl groups is 1. The summed E-state index contributed by atoms with van der Waals surface area (Å²) >= 11 is 0. The Hall–Kier alpha value is -2.19. The van der Waals surface area contributed by atoms with Crippen molar-refractivity contribution in [3.63, 3.8) is 0 Å². The van der Waals surface area contributed by atoms with Gasteiger partial charge in [0.25, 0.3) is 0 Å². The number of amides is 3. The van der Waals surface area contributed by atoms with Gasteiger partial charge in [0, 0.05) is 25.7 Å². The van der Waals surface area contributed by atoms with Crippen LogP contribution in [0.5, 0.6) is 0 Å². The lowest BCUT2D eigenvalue weighted by Gasteiger charge is -2.41. The highest BCUT2D eigenvalue weighted by Gasteiger charge is 2.75. The maximum atomic E-state index is 14.3. The molecule has 4 aliphatic rings. The molecule has 7 atom stereocenters. The molecule has 0 bridgehead atoms. The molecule has 0 aromatic rings. The van der Waals surface area contributed by atoms with Crippen LogP contribution in [0.25, 0.3) is 0 Å². The molecular weight excluding hydrogens is 458 g/mol. The molecule has 1 spiro atoms. The summed E-state index contributed by atoms with van der Waals surface area (Å²) < 4.78 is 6.96. The highest BCUT2D eigenvalue weighted by molar-refractivity contribution is 6.00. The molecule has 2 unspecified atom stereocenters. The summed E-state index contributed by atoms with van der Waals surface area (Å²) in [5.41, 5.74) is -2.21. The van der Waals surface area contributed by atoms with E-state index in [0.717, 1.165) is 19.3 Å². The Morgan fingerprint density at radius 1 is 1.00 bits per heavy atom. The zero-order valence-corrected chi connectivity index (χ0v) is 22.5. The zero-order chi connectivity index (χ0) is 26.3. The second kappa shape index (κ2) is 10.3. The van der Waals surface area contributed by atoms with Crippen LogP contribution in [0.1, 0.15) is 66.7 Å². The summed E-state index contributed by atoms with van der Waals surface area (Å²) in [4.78, 5) is 47.9. The highest BCUT2D eigenvalue weighted by Crippen LogP contribution is 2.59. The van der Waals surface area contributed by atoms with Gasteiger partial charge in [0.05, 0.1) is 30.1 Å². The lowest BCUT2D eigenvalue weighted by Crippen LogP contribution is -2.59. The molecule has 36 heavy (non-hydrogen) atoms. The number of nitrogens with zero attached hydrogens (tertiary/aromatic N) is 3. The van der Waals surface area contributed by atoms with E-state index >= 15 is 0 Å². The molecule has 2 saturated heterocycles. The fourth-order valence-electron chi connectivity index (χ4n) is 7.02. The van der Waals surface area contributed by atoms with E-state index in [9.17, 15) is 19.5 Å². The van der Waals surface area contributed by atoms with Gasteiger partial charge < -0.3 is 24.5 Å². The van der Waals surface area contributed by atoms with Crippen molar-refractivity contribution in [1.29, 1.82) is 0 Å². The molecule has 2 fully saturated rings. The summed E-state index contributed by atoms with van der Waals surface area (Å²) in [7, 11) is 0. The minimum atomic E-state index is -1.26. The molecule has 3 amide bonds. The van der Waals surface area contributed by atoms with Crippen molar-refractivity contribution in [1.82, 2.24) is 14.7 Å². The molecule has 8 nitrogen and oxygen atoms in total. The molecule has 1 N–H and O–H groups in total. The molecule has 4 aliphatic heterocycles. The van der Waals surface area contributed by atoms with Crippen LogP contribution in [0.3, 0.4) is 0 Å². The normalized spacial score (nSPS) is 35.4. The van der Waals surface area contributed by atoms with Crippen LogP contribution in [-0.2, 0) is 19.1 Å². The van der Waals surface area contributed by atoms with Gasteiger partial charge in [0.1, 0.15) is 11.6 Å². The summed E-state index contributed by atoms with van der Waals surface area (Å²) in [5, 5.41) is 10.2. The van der Waals surface area contributed by atoms with E-state index in [-0.39, 0.29) is 30.4 Å². The van der Waals surface area contributed by atoms with E-state index < -0.39 is 35.1 Å². The highest BCUT2D eigenvalue weighted by atomic mass is 16.5. The maximum Gasteiger partial charge on any atom is 0.249 e. The Bertz CT molecular complexity index is 930. The molecule has 200 valence electrons. The molecule has 0 aromatic carbocycles. The smallest absolute Gasteiger partial charge is 0.249 e. The summed E-state index contributed by atoms with van der Waals surface area (Å²) in [6, 6.07) is -1.44. The van der Waals surface area contributed by atoms with Gasteiger partial charge >= 0.3 is 0 Å². The van der Waals surface area contributed by atoms with Crippen LogP contribution in [0.15, 0.2) is 24.3 Å². The Kier molecular flexibility index (Phi) is 7.68. The largest absolute Gasteiger partial charge is 0.394 e. The van der Waals surface area contributed by atoms with Crippen molar-refractivity contribution in [2.45, 2.75) is 96.1 Å². The quantitative estimate of drug-likeness (QED) is 0.491. The Morgan fingerprint density at radius 2 is 1.72 bits per heavy atom. The average Bonchev–Trinajstić information content (AvgIpc) is 3.15. The summed E-state index contributed by atoms with van der Waals surface area (Å²) in [6.07, 6.45) is 11.4. The second-order valence-corrected chi connectivity index (χ2v) is 10.8. The van der Waals surface area contributed by atoms with Crippen molar-refractivity contribution >= 4 is 17.7 Å². The van der Waals surface area contributed by atoms with Crippen molar-refractivity contribution in [3.05, 3.63) is 24.3 Å².